The molecule has 0 aliphatic heterocycles. The number of likely N-dealkylation sites (N-methyl/N-ethyl adjacent to an activating group) is 2. The SMILES string of the molecule is CNCCCC[C@@H](C(=O)NCCCC[C@@H](C(=O)O)N(C)C)N(C)C. The van der Waals surface area contributed by atoms with E-state index in [0.717, 1.165) is 38.6 Å². The quantitative estimate of drug-likeness (QED) is 0.400. The molecule has 0 spiro atoms. The molecule has 142 valence electrons. The molecule has 1 amide bonds. The molecule has 0 radical (unpaired) electrons. The number of carbonyl (C=O) groups is 2. The van der Waals surface area contributed by atoms with E-state index in [9.17, 15) is 9.59 Å². The van der Waals surface area contributed by atoms with Gasteiger partial charge in [-0.05, 0) is 73.9 Å². The highest BCUT2D eigenvalue weighted by Gasteiger charge is 2.21. The summed E-state index contributed by atoms with van der Waals surface area (Å²) in [5.41, 5.74) is 0. The van der Waals surface area contributed by atoms with E-state index in [1.54, 1.807) is 19.0 Å². The smallest absolute Gasteiger partial charge is 0.320 e. The number of rotatable bonds is 14. The van der Waals surface area contributed by atoms with Crippen molar-refractivity contribution in [3.8, 4) is 0 Å². The van der Waals surface area contributed by atoms with Crippen molar-refractivity contribution < 1.29 is 14.7 Å². The zero-order valence-electron chi connectivity index (χ0n) is 16.0. The third-order valence-corrected chi connectivity index (χ3v) is 4.19. The van der Waals surface area contributed by atoms with E-state index in [1.807, 2.05) is 26.0 Å². The van der Waals surface area contributed by atoms with E-state index in [4.69, 9.17) is 5.11 Å². The van der Waals surface area contributed by atoms with E-state index < -0.39 is 12.0 Å². The molecule has 0 aromatic rings. The lowest BCUT2D eigenvalue weighted by Gasteiger charge is -2.23. The Labute approximate surface area is 146 Å². The van der Waals surface area contributed by atoms with Crippen molar-refractivity contribution in [1.29, 1.82) is 0 Å². The van der Waals surface area contributed by atoms with Gasteiger partial charge in [0.2, 0.25) is 5.91 Å². The molecular weight excluding hydrogens is 308 g/mol. The predicted molar refractivity (Wildman–Crippen MR) is 97.2 cm³/mol. The fourth-order valence-corrected chi connectivity index (χ4v) is 2.66. The van der Waals surface area contributed by atoms with Gasteiger partial charge in [0.1, 0.15) is 6.04 Å². The molecule has 0 rings (SSSR count). The van der Waals surface area contributed by atoms with Gasteiger partial charge in [0.05, 0.1) is 6.04 Å². The van der Waals surface area contributed by atoms with Gasteiger partial charge in [-0.25, -0.2) is 0 Å². The summed E-state index contributed by atoms with van der Waals surface area (Å²) in [6.07, 6.45) is 5.10. The molecule has 24 heavy (non-hydrogen) atoms. The summed E-state index contributed by atoms with van der Waals surface area (Å²) in [6.45, 7) is 1.57. The van der Waals surface area contributed by atoms with Crippen molar-refractivity contribution in [3.63, 3.8) is 0 Å². The maximum Gasteiger partial charge on any atom is 0.320 e. The predicted octanol–water partition coefficient (Wildman–Crippen LogP) is 0.608. The summed E-state index contributed by atoms with van der Waals surface area (Å²) in [5, 5.41) is 15.2. The molecule has 0 unspecified atom stereocenters. The van der Waals surface area contributed by atoms with Gasteiger partial charge in [-0.15, -0.1) is 0 Å². The van der Waals surface area contributed by atoms with Crippen LogP contribution in [0.1, 0.15) is 38.5 Å². The van der Waals surface area contributed by atoms with E-state index in [0.29, 0.717) is 13.0 Å². The molecule has 0 heterocycles. The number of amides is 1. The third-order valence-electron chi connectivity index (χ3n) is 4.19. The Hall–Kier alpha value is -1.18. The first-order valence-corrected chi connectivity index (χ1v) is 8.79. The molecule has 7 nitrogen and oxygen atoms in total. The van der Waals surface area contributed by atoms with Crippen molar-refractivity contribution in [2.45, 2.75) is 50.6 Å². The Bertz CT molecular complexity index is 362. The second-order valence-electron chi connectivity index (χ2n) is 6.68. The fourth-order valence-electron chi connectivity index (χ4n) is 2.66. The van der Waals surface area contributed by atoms with Crippen LogP contribution in [0.25, 0.3) is 0 Å². The van der Waals surface area contributed by atoms with Gasteiger partial charge in [-0.2, -0.15) is 0 Å². The Morgan fingerprint density at radius 2 is 1.38 bits per heavy atom. The van der Waals surface area contributed by atoms with Crippen LogP contribution in [-0.4, -0.2) is 87.2 Å². The van der Waals surface area contributed by atoms with E-state index in [2.05, 4.69) is 10.6 Å². The molecule has 0 aliphatic carbocycles. The van der Waals surface area contributed by atoms with E-state index >= 15 is 0 Å². The van der Waals surface area contributed by atoms with Crippen LogP contribution in [0.3, 0.4) is 0 Å². The minimum atomic E-state index is -0.793. The number of nitrogens with zero attached hydrogens (tertiary/aromatic N) is 2. The highest BCUT2D eigenvalue weighted by molar-refractivity contribution is 5.81. The average Bonchev–Trinajstić information content (AvgIpc) is 2.49. The van der Waals surface area contributed by atoms with Crippen LogP contribution in [0.4, 0.5) is 0 Å². The normalized spacial score (nSPS) is 14.0. The zero-order valence-corrected chi connectivity index (χ0v) is 16.0. The maximum atomic E-state index is 12.3. The second kappa shape index (κ2) is 13.1. The zero-order chi connectivity index (χ0) is 18.5. The Morgan fingerprint density at radius 3 is 1.83 bits per heavy atom. The highest BCUT2D eigenvalue weighted by atomic mass is 16.4. The van der Waals surface area contributed by atoms with Gasteiger partial charge in [-0.1, -0.05) is 6.42 Å². The van der Waals surface area contributed by atoms with E-state index in [-0.39, 0.29) is 11.9 Å². The van der Waals surface area contributed by atoms with Crippen molar-refractivity contribution in [2.24, 2.45) is 0 Å². The Balaban J connectivity index is 4.05. The van der Waals surface area contributed by atoms with Gasteiger partial charge < -0.3 is 15.7 Å². The molecule has 0 saturated heterocycles. The molecule has 0 aromatic carbocycles. The summed E-state index contributed by atoms with van der Waals surface area (Å²) in [5.74, 6) is -0.731. The van der Waals surface area contributed by atoms with E-state index in [1.165, 1.54) is 0 Å². The molecule has 7 heteroatoms. The molecule has 0 aromatic heterocycles. The largest absolute Gasteiger partial charge is 0.480 e. The molecule has 0 aliphatic rings. The van der Waals surface area contributed by atoms with Crippen LogP contribution in [0.2, 0.25) is 0 Å². The number of aliphatic carboxylic acids is 1. The highest BCUT2D eigenvalue weighted by Crippen LogP contribution is 2.08. The van der Waals surface area contributed by atoms with Crippen molar-refractivity contribution in [1.82, 2.24) is 20.4 Å². The average molecular weight is 345 g/mol. The van der Waals surface area contributed by atoms with Crippen LogP contribution < -0.4 is 10.6 Å². The molecule has 0 saturated carbocycles. The summed E-state index contributed by atoms with van der Waals surface area (Å²) in [6, 6.07) is -0.558. The lowest BCUT2D eigenvalue weighted by atomic mass is 10.1. The Kier molecular flexibility index (Phi) is 12.5. The van der Waals surface area contributed by atoms with Crippen molar-refractivity contribution in [3.05, 3.63) is 0 Å². The van der Waals surface area contributed by atoms with Crippen molar-refractivity contribution >= 4 is 11.9 Å². The molecule has 3 N–H and O–H groups in total. The number of unbranched alkanes of at least 4 members (excludes halogenated alkanes) is 2. The minimum Gasteiger partial charge on any atom is -0.480 e. The topological polar surface area (TPSA) is 84.9 Å². The molecule has 2 atom stereocenters. The number of nitrogens with one attached hydrogen (secondary N) is 2. The van der Waals surface area contributed by atoms with Gasteiger partial charge >= 0.3 is 5.97 Å². The van der Waals surface area contributed by atoms with Gasteiger partial charge in [-0.3, -0.25) is 19.4 Å². The van der Waals surface area contributed by atoms with Gasteiger partial charge in [0.25, 0.3) is 0 Å². The fraction of sp³-hybridized carbons (Fsp3) is 0.882. The number of carboxylic acid groups (broad SMARTS) is 1. The summed E-state index contributed by atoms with van der Waals surface area (Å²) < 4.78 is 0. The number of carbonyl (C=O) groups excluding carboxylic acids is 1. The first-order valence-electron chi connectivity index (χ1n) is 8.79. The maximum absolute atomic E-state index is 12.3. The number of carboxylic acids is 1. The van der Waals surface area contributed by atoms with Gasteiger partial charge in [0, 0.05) is 6.54 Å². The summed E-state index contributed by atoms with van der Waals surface area (Å²) >= 11 is 0. The molecule has 0 bridgehead atoms. The van der Waals surface area contributed by atoms with Crippen LogP contribution in [0, 0.1) is 0 Å². The molecular formula is C17H36N4O3. The lowest BCUT2D eigenvalue weighted by molar-refractivity contribution is -0.142. The summed E-state index contributed by atoms with van der Waals surface area (Å²) in [4.78, 5) is 27.1. The van der Waals surface area contributed by atoms with Crippen molar-refractivity contribution in [2.75, 3.05) is 48.3 Å². The first-order chi connectivity index (χ1) is 11.3. The third kappa shape index (κ3) is 9.85. The standard InChI is InChI=1S/C17H36N4O3/c1-18-12-8-6-10-14(20(2)3)16(22)19-13-9-7-11-15(17(23)24)21(4)5/h14-15,18H,6-13H2,1-5H3,(H,19,22)(H,23,24)/t14-,15-/m0/s1. The van der Waals surface area contributed by atoms with Gasteiger partial charge in [0.15, 0.2) is 0 Å². The lowest BCUT2D eigenvalue weighted by Crippen LogP contribution is -2.43. The number of hydrogen-bond acceptors (Lipinski definition) is 5. The van der Waals surface area contributed by atoms with Crippen LogP contribution in [-0.2, 0) is 9.59 Å². The number of hydrogen-bond donors (Lipinski definition) is 3. The second-order valence-corrected chi connectivity index (χ2v) is 6.68. The Morgan fingerprint density at radius 1 is 0.875 bits per heavy atom. The van der Waals surface area contributed by atoms with Crippen LogP contribution in [0.15, 0.2) is 0 Å². The summed E-state index contributed by atoms with van der Waals surface area (Å²) in [7, 11) is 9.33. The first kappa shape index (κ1) is 22.8. The van der Waals surface area contributed by atoms with Crippen LogP contribution in [0.5, 0.6) is 0 Å². The minimum absolute atomic E-state index is 0.0619. The van der Waals surface area contributed by atoms with Crippen LogP contribution >= 0.6 is 0 Å². The monoisotopic (exact) mass is 344 g/mol. The molecule has 0 fully saturated rings.